The molecule has 0 spiro atoms. The maximum atomic E-state index is 8.75. The largest absolute Gasteiger partial charge is 0.302 e. The number of nitrogens with zero attached hydrogens (tertiary/aromatic N) is 3. The van der Waals surface area contributed by atoms with Gasteiger partial charge >= 0.3 is 0 Å². The Morgan fingerprint density at radius 3 is 2.53 bits per heavy atom. The number of rotatable bonds is 5. The van der Waals surface area contributed by atoms with Crippen molar-refractivity contribution in [3.8, 4) is 6.07 Å². The Bertz CT molecular complexity index is 224. The lowest BCUT2D eigenvalue weighted by Crippen LogP contribution is -2.38. The van der Waals surface area contributed by atoms with E-state index in [2.05, 4.69) is 15.9 Å². The zero-order valence-corrected chi connectivity index (χ0v) is 9.49. The summed E-state index contributed by atoms with van der Waals surface area (Å²) in [6.45, 7) is 5.42. The van der Waals surface area contributed by atoms with Gasteiger partial charge in [0.05, 0.1) is 12.6 Å². The number of likely N-dealkylation sites (tertiary alicyclic amines) is 1. The Balaban J connectivity index is 1.67. The summed E-state index contributed by atoms with van der Waals surface area (Å²) < 4.78 is 0. The molecule has 1 saturated carbocycles. The summed E-state index contributed by atoms with van der Waals surface area (Å²) in [5, 5.41) is 8.75. The van der Waals surface area contributed by atoms with Gasteiger partial charge in [0.2, 0.25) is 0 Å². The lowest BCUT2D eigenvalue weighted by atomic mass is 10.1. The molecular weight excluding hydrogens is 186 g/mol. The van der Waals surface area contributed by atoms with Gasteiger partial charge in [-0.15, -0.1) is 0 Å². The third kappa shape index (κ3) is 3.48. The molecule has 2 aliphatic rings. The Kier molecular flexibility index (Phi) is 3.99. The predicted molar refractivity (Wildman–Crippen MR) is 60.5 cm³/mol. The van der Waals surface area contributed by atoms with Crippen molar-refractivity contribution in [1.82, 2.24) is 9.80 Å². The van der Waals surface area contributed by atoms with E-state index in [1.165, 1.54) is 45.2 Å². The summed E-state index contributed by atoms with van der Waals surface area (Å²) in [7, 11) is 0. The van der Waals surface area contributed by atoms with Gasteiger partial charge in [-0.3, -0.25) is 4.90 Å². The van der Waals surface area contributed by atoms with Crippen LogP contribution in [0.1, 0.15) is 32.1 Å². The van der Waals surface area contributed by atoms with E-state index in [4.69, 9.17) is 5.26 Å². The van der Waals surface area contributed by atoms with Gasteiger partial charge in [0.1, 0.15) is 0 Å². The first-order valence-electron chi connectivity index (χ1n) is 6.23. The molecule has 1 saturated heterocycles. The fourth-order valence-corrected chi connectivity index (χ4v) is 2.37. The van der Waals surface area contributed by atoms with Crippen LogP contribution in [-0.2, 0) is 0 Å². The van der Waals surface area contributed by atoms with Crippen LogP contribution in [0.5, 0.6) is 0 Å². The molecule has 0 bridgehead atoms. The highest BCUT2D eigenvalue weighted by Crippen LogP contribution is 2.26. The standard InChI is InChI=1S/C12H21N3/c13-6-9-15(12-4-5-12)11-10-14-7-2-1-3-8-14/h12H,1-5,7-11H2. The van der Waals surface area contributed by atoms with Crippen LogP contribution in [0.15, 0.2) is 0 Å². The topological polar surface area (TPSA) is 30.3 Å². The highest BCUT2D eigenvalue weighted by Gasteiger charge is 2.28. The van der Waals surface area contributed by atoms with E-state index in [9.17, 15) is 0 Å². The number of hydrogen-bond donors (Lipinski definition) is 0. The summed E-state index contributed by atoms with van der Waals surface area (Å²) in [5.74, 6) is 0. The van der Waals surface area contributed by atoms with Gasteiger partial charge in [-0.1, -0.05) is 6.42 Å². The molecule has 1 aliphatic carbocycles. The molecule has 0 unspecified atom stereocenters. The maximum Gasteiger partial charge on any atom is 0.0868 e. The van der Waals surface area contributed by atoms with E-state index in [0.717, 1.165) is 19.1 Å². The third-order valence-electron chi connectivity index (χ3n) is 3.49. The molecule has 0 aromatic heterocycles. The van der Waals surface area contributed by atoms with Crippen molar-refractivity contribution < 1.29 is 0 Å². The Hall–Kier alpha value is -0.590. The second-order valence-electron chi connectivity index (χ2n) is 4.76. The molecular formula is C12H21N3. The average Bonchev–Trinajstić information content (AvgIpc) is 3.09. The van der Waals surface area contributed by atoms with Gasteiger partial charge < -0.3 is 4.90 Å². The van der Waals surface area contributed by atoms with E-state index in [0.29, 0.717) is 6.54 Å². The lowest BCUT2D eigenvalue weighted by molar-refractivity contribution is 0.186. The van der Waals surface area contributed by atoms with E-state index in [1.54, 1.807) is 0 Å². The zero-order chi connectivity index (χ0) is 10.5. The molecule has 1 aliphatic heterocycles. The van der Waals surface area contributed by atoms with Crippen LogP contribution >= 0.6 is 0 Å². The third-order valence-corrected chi connectivity index (χ3v) is 3.49. The van der Waals surface area contributed by atoms with Gasteiger partial charge in [-0.05, 0) is 38.8 Å². The molecule has 3 heteroatoms. The predicted octanol–water partition coefficient (Wildman–Crippen LogP) is 1.46. The fourth-order valence-electron chi connectivity index (χ4n) is 2.37. The molecule has 0 aromatic rings. The monoisotopic (exact) mass is 207 g/mol. The van der Waals surface area contributed by atoms with Crippen LogP contribution in [0, 0.1) is 11.3 Å². The SMILES string of the molecule is N#CCN(CCN1CCCCC1)C1CC1. The average molecular weight is 207 g/mol. The van der Waals surface area contributed by atoms with Crippen molar-refractivity contribution in [2.24, 2.45) is 0 Å². The number of nitriles is 1. The first-order chi connectivity index (χ1) is 7.40. The van der Waals surface area contributed by atoms with Crippen LogP contribution in [0.2, 0.25) is 0 Å². The highest BCUT2D eigenvalue weighted by atomic mass is 15.2. The van der Waals surface area contributed by atoms with Crippen molar-refractivity contribution in [2.75, 3.05) is 32.7 Å². The van der Waals surface area contributed by atoms with Crippen molar-refractivity contribution in [1.29, 1.82) is 5.26 Å². The normalized spacial score (nSPS) is 22.9. The minimum absolute atomic E-state index is 0.624. The Morgan fingerprint density at radius 2 is 1.93 bits per heavy atom. The molecule has 3 nitrogen and oxygen atoms in total. The van der Waals surface area contributed by atoms with Crippen LogP contribution in [0.25, 0.3) is 0 Å². The molecule has 2 rings (SSSR count). The van der Waals surface area contributed by atoms with Crippen molar-refractivity contribution in [2.45, 2.75) is 38.1 Å². The summed E-state index contributed by atoms with van der Waals surface area (Å²) in [6.07, 6.45) is 6.74. The van der Waals surface area contributed by atoms with Crippen LogP contribution in [0.3, 0.4) is 0 Å². The maximum absolute atomic E-state index is 8.75. The van der Waals surface area contributed by atoms with Crippen LogP contribution in [0.4, 0.5) is 0 Å². The molecule has 2 fully saturated rings. The van der Waals surface area contributed by atoms with E-state index in [-0.39, 0.29) is 0 Å². The van der Waals surface area contributed by atoms with Crippen molar-refractivity contribution in [3.63, 3.8) is 0 Å². The summed E-state index contributed by atoms with van der Waals surface area (Å²) in [6, 6.07) is 3.02. The summed E-state index contributed by atoms with van der Waals surface area (Å²) in [5.41, 5.74) is 0. The van der Waals surface area contributed by atoms with Gasteiger partial charge in [0, 0.05) is 19.1 Å². The molecule has 0 radical (unpaired) electrons. The molecule has 1 heterocycles. The van der Waals surface area contributed by atoms with Gasteiger partial charge in [-0.2, -0.15) is 5.26 Å². The Labute approximate surface area is 92.7 Å². The second kappa shape index (κ2) is 5.48. The van der Waals surface area contributed by atoms with Crippen molar-refractivity contribution >= 4 is 0 Å². The van der Waals surface area contributed by atoms with Crippen LogP contribution < -0.4 is 0 Å². The fraction of sp³-hybridized carbons (Fsp3) is 0.917. The first-order valence-corrected chi connectivity index (χ1v) is 6.23. The molecule has 84 valence electrons. The van der Waals surface area contributed by atoms with E-state index < -0.39 is 0 Å². The van der Waals surface area contributed by atoms with Gasteiger partial charge in [-0.25, -0.2) is 0 Å². The summed E-state index contributed by atoms with van der Waals surface area (Å²) in [4.78, 5) is 4.91. The zero-order valence-electron chi connectivity index (χ0n) is 9.49. The van der Waals surface area contributed by atoms with Gasteiger partial charge in [0.15, 0.2) is 0 Å². The molecule has 0 aromatic carbocycles. The summed E-state index contributed by atoms with van der Waals surface area (Å²) >= 11 is 0. The van der Waals surface area contributed by atoms with Gasteiger partial charge in [0.25, 0.3) is 0 Å². The minimum atomic E-state index is 0.624. The first kappa shape index (κ1) is 10.9. The van der Waals surface area contributed by atoms with E-state index >= 15 is 0 Å². The highest BCUT2D eigenvalue weighted by molar-refractivity contribution is 4.90. The molecule has 0 atom stereocenters. The smallest absolute Gasteiger partial charge is 0.0868 e. The van der Waals surface area contributed by atoms with E-state index in [1.807, 2.05) is 0 Å². The van der Waals surface area contributed by atoms with Crippen LogP contribution in [-0.4, -0.2) is 48.6 Å². The van der Waals surface area contributed by atoms with Crippen molar-refractivity contribution in [3.05, 3.63) is 0 Å². The number of hydrogen-bond acceptors (Lipinski definition) is 3. The molecule has 0 amide bonds. The lowest BCUT2D eigenvalue weighted by Gasteiger charge is -2.29. The minimum Gasteiger partial charge on any atom is -0.302 e. The Morgan fingerprint density at radius 1 is 1.20 bits per heavy atom. The molecule has 0 N–H and O–H groups in total. The number of piperidine rings is 1. The second-order valence-corrected chi connectivity index (χ2v) is 4.76. The molecule has 15 heavy (non-hydrogen) atoms. The quantitative estimate of drug-likeness (QED) is 0.639.